The zero-order valence-electron chi connectivity index (χ0n) is 47.2. The van der Waals surface area contributed by atoms with Crippen LogP contribution in [0.4, 0.5) is 0 Å². The molecule has 0 amide bonds. The second-order valence-corrected chi connectivity index (χ2v) is 19.9. The zero-order valence-corrected chi connectivity index (χ0v) is 47.2. The van der Waals surface area contributed by atoms with Gasteiger partial charge in [-0.25, -0.2) is 0 Å². The van der Waals surface area contributed by atoms with Crippen molar-refractivity contribution in [3.8, 4) is 0 Å². The van der Waals surface area contributed by atoms with Crippen LogP contribution in [0.5, 0.6) is 0 Å². The second kappa shape index (κ2) is 59.9. The molecule has 0 fully saturated rings. The third kappa shape index (κ3) is 57.2. The van der Waals surface area contributed by atoms with E-state index in [0.717, 1.165) is 141 Å². The van der Waals surface area contributed by atoms with Crippen LogP contribution in [0.2, 0.25) is 0 Å². The molecule has 1 unspecified atom stereocenters. The molecule has 0 aromatic carbocycles. The van der Waals surface area contributed by atoms with Crippen molar-refractivity contribution in [2.75, 3.05) is 13.2 Å². The Labute approximate surface area is 445 Å². The molecular weight excluding hydrogens is 889 g/mol. The highest BCUT2D eigenvalue weighted by molar-refractivity contribution is 5.71. The summed E-state index contributed by atoms with van der Waals surface area (Å²) in [6.07, 6.45) is 79.7. The van der Waals surface area contributed by atoms with Crippen LogP contribution in [0.3, 0.4) is 0 Å². The maximum Gasteiger partial charge on any atom is 0.306 e. The van der Waals surface area contributed by atoms with Crippen LogP contribution < -0.4 is 0 Å². The van der Waals surface area contributed by atoms with Gasteiger partial charge in [0, 0.05) is 19.3 Å². The number of hydrogen-bond acceptors (Lipinski definition) is 6. The van der Waals surface area contributed by atoms with Crippen molar-refractivity contribution in [2.45, 2.75) is 290 Å². The van der Waals surface area contributed by atoms with E-state index in [-0.39, 0.29) is 31.1 Å². The molecule has 0 aliphatic carbocycles. The summed E-state index contributed by atoms with van der Waals surface area (Å²) in [7, 11) is 0. The van der Waals surface area contributed by atoms with Crippen molar-refractivity contribution in [3.63, 3.8) is 0 Å². The smallest absolute Gasteiger partial charge is 0.306 e. The number of rotatable bonds is 54. The minimum absolute atomic E-state index is 0.0917. The van der Waals surface area contributed by atoms with Gasteiger partial charge >= 0.3 is 17.9 Å². The summed E-state index contributed by atoms with van der Waals surface area (Å²) >= 11 is 0. The van der Waals surface area contributed by atoms with Crippen molar-refractivity contribution in [2.24, 2.45) is 0 Å². The van der Waals surface area contributed by atoms with Crippen LogP contribution in [0.25, 0.3) is 0 Å². The fourth-order valence-corrected chi connectivity index (χ4v) is 8.31. The van der Waals surface area contributed by atoms with Crippen molar-refractivity contribution in [1.82, 2.24) is 0 Å². The highest BCUT2D eigenvalue weighted by atomic mass is 16.6. The Morgan fingerprint density at radius 3 is 0.903 bits per heavy atom. The normalized spacial score (nSPS) is 12.8. The second-order valence-electron chi connectivity index (χ2n) is 19.9. The van der Waals surface area contributed by atoms with Gasteiger partial charge in [0.2, 0.25) is 0 Å². The molecule has 72 heavy (non-hydrogen) atoms. The van der Waals surface area contributed by atoms with Crippen molar-refractivity contribution < 1.29 is 28.6 Å². The molecule has 0 spiro atoms. The van der Waals surface area contributed by atoms with E-state index in [4.69, 9.17) is 14.2 Å². The van der Waals surface area contributed by atoms with E-state index in [2.05, 4.69) is 118 Å². The van der Waals surface area contributed by atoms with Gasteiger partial charge in [-0.1, -0.05) is 266 Å². The Bertz CT molecular complexity index is 1430. The predicted octanol–water partition coefficient (Wildman–Crippen LogP) is 20.5. The first-order chi connectivity index (χ1) is 35.5. The van der Waals surface area contributed by atoms with Gasteiger partial charge in [-0.15, -0.1) is 0 Å². The number of carbonyl (C=O) groups excluding carboxylic acids is 3. The maximum atomic E-state index is 12.9. The minimum Gasteiger partial charge on any atom is -0.462 e. The minimum atomic E-state index is -0.794. The van der Waals surface area contributed by atoms with Gasteiger partial charge in [0.1, 0.15) is 13.2 Å². The highest BCUT2D eigenvalue weighted by Crippen LogP contribution is 2.16. The number of allylic oxidation sites excluding steroid dienone is 16. The van der Waals surface area contributed by atoms with Crippen LogP contribution >= 0.6 is 0 Å². The molecule has 0 aromatic heterocycles. The van der Waals surface area contributed by atoms with Gasteiger partial charge in [-0.05, 0) is 96.3 Å². The van der Waals surface area contributed by atoms with E-state index in [9.17, 15) is 14.4 Å². The van der Waals surface area contributed by atoms with E-state index in [1.807, 2.05) is 0 Å². The molecule has 6 nitrogen and oxygen atoms in total. The summed E-state index contributed by atoms with van der Waals surface area (Å²) in [4.78, 5) is 38.2. The first-order valence-electron chi connectivity index (χ1n) is 30.2. The fourth-order valence-electron chi connectivity index (χ4n) is 8.31. The topological polar surface area (TPSA) is 78.9 Å². The Balaban J connectivity index is 4.41. The van der Waals surface area contributed by atoms with Gasteiger partial charge in [-0.3, -0.25) is 14.4 Å². The number of ether oxygens (including phenoxy) is 3. The molecule has 6 heteroatoms. The van der Waals surface area contributed by atoms with Crippen LogP contribution in [0.1, 0.15) is 284 Å². The van der Waals surface area contributed by atoms with Crippen molar-refractivity contribution in [1.29, 1.82) is 0 Å². The van der Waals surface area contributed by atoms with Gasteiger partial charge in [0.05, 0.1) is 0 Å². The molecule has 0 saturated heterocycles. The van der Waals surface area contributed by atoms with Crippen LogP contribution in [-0.2, 0) is 28.6 Å². The molecule has 412 valence electrons. The quantitative estimate of drug-likeness (QED) is 0.0261. The molecule has 0 N–H and O–H groups in total. The Kier molecular flexibility index (Phi) is 56.8. The number of esters is 3. The lowest BCUT2D eigenvalue weighted by Crippen LogP contribution is -2.30. The van der Waals surface area contributed by atoms with Crippen LogP contribution in [-0.4, -0.2) is 37.2 Å². The zero-order chi connectivity index (χ0) is 52.2. The predicted molar refractivity (Wildman–Crippen MR) is 311 cm³/mol. The molecule has 0 radical (unpaired) electrons. The Hall–Kier alpha value is -3.67. The summed E-state index contributed by atoms with van der Waals surface area (Å²) in [6.45, 7) is 6.45. The third-order valence-corrected chi connectivity index (χ3v) is 12.8. The van der Waals surface area contributed by atoms with E-state index in [1.165, 1.54) is 103 Å². The number of carbonyl (C=O) groups is 3. The SMILES string of the molecule is CC/C=C\C/C=C\C/C=C\C/C=C\C/C=C\C/C=C\CCCCCCC(=O)OCC(COC(=O)CCCCCCC/C=C\C/C=C\CCC)OC(=O)CCCCCCCCCCCCCCCCCCCC. The molecule has 0 bridgehead atoms. The number of unbranched alkanes of at least 4 members (excludes halogenated alkanes) is 27. The van der Waals surface area contributed by atoms with Crippen LogP contribution in [0, 0.1) is 0 Å². The summed E-state index contributed by atoms with van der Waals surface area (Å²) in [5, 5.41) is 0. The van der Waals surface area contributed by atoms with Gasteiger partial charge in [-0.2, -0.15) is 0 Å². The number of hydrogen-bond donors (Lipinski definition) is 0. The third-order valence-electron chi connectivity index (χ3n) is 12.8. The molecule has 0 aromatic rings. The first kappa shape index (κ1) is 68.3. The average molecular weight is 1000 g/mol. The van der Waals surface area contributed by atoms with Gasteiger partial charge < -0.3 is 14.2 Å². The molecule has 0 aliphatic heterocycles. The monoisotopic (exact) mass is 1000 g/mol. The molecule has 1 atom stereocenters. The van der Waals surface area contributed by atoms with E-state index < -0.39 is 6.10 Å². The largest absolute Gasteiger partial charge is 0.462 e. The molecule has 0 heterocycles. The van der Waals surface area contributed by atoms with Gasteiger partial charge in [0.25, 0.3) is 0 Å². The molecule has 0 saturated carbocycles. The first-order valence-corrected chi connectivity index (χ1v) is 30.2. The molecule has 0 rings (SSSR count). The summed E-state index contributed by atoms with van der Waals surface area (Å²) in [5.41, 5.74) is 0. The lowest BCUT2D eigenvalue weighted by atomic mass is 10.0. The van der Waals surface area contributed by atoms with E-state index >= 15 is 0 Å². The highest BCUT2D eigenvalue weighted by Gasteiger charge is 2.19. The Morgan fingerprint density at radius 2 is 0.569 bits per heavy atom. The summed E-state index contributed by atoms with van der Waals surface area (Å²) in [5.74, 6) is -0.922. The standard InChI is InChI=1S/C66H112O6/c1-4-7-10-13-16-19-22-25-27-29-31-32-33-34-35-37-38-41-44-47-50-53-56-59-65(68)71-62-63(61-70-64(67)58-55-52-49-46-43-40-24-21-18-15-12-9-6-3)72-66(69)60-57-54-51-48-45-42-39-36-30-28-26-23-20-17-14-11-8-5-2/h7,10,12,15-16,19,21,24-25,27,31-32,34-35,38,41,63H,4-6,8-9,11,13-14,17-18,20,22-23,26,28-30,33,36-37,39-40,42-62H2,1-3H3/b10-7-,15-12-,19-16-,24-21-,27-25-,32-31-,35-34-,41-38-. The van der Waals surface area contributed by atoms with E-state index in [0.29, 0.717) is 19.3 Å². The van der Waals surface area contributed by atoms with E-state index in [1.54, 1.807) is 0 Å². The molecular formula is C66H112O6. The lowest BCUT2D eigenvalue weighted by molar-refractivity contribution is -0.167. The molecule has 0 aliphatic rings. The Morgan fingerprint density at radius 1 is 0.292 bits per heavy atom. The maximum absolute atomic E-state index is 12.9. The van der Waals surface area contributed by atoms with Crippen LogP contribution in [0.15, 0.2) is 97.2 Å². The van der Waals surface area contributed by atoms with Crippen molar-refractivity contribution >= 4 is 17.9 Å². The van der Waals surface area contributed by atoms with Crippen molar-refractivity contribution in [3.05, 3.63) is 97.2 Å². The lowest BCUT2D eigenvalue weighted by Gasteiger charge is -2.18. The fraction of sp³-hybridized carbons (Fsp3) is 0.712. The average Bonchev–Trinajstić information content (AvgIpc) is 3.38. The van der Waals surface area contributed by atoms with Gasteiger partial charge in [0.15, 0.2) is 6.10 Å². The summed E-state index contributed by atoms with van der Waals surface area (Å²) in [6, 6.07) is 0. The summed E-state index contributed by atoms with van der Waals surface area (Å²) < 4.78 is 16.9.